The van der Waals surface area contributed by atoms with Gasteiger partial charge in [-0.1, -0.05) is 35.9 Å². The molecule has 1 N–H and O–H groups in total. The Morgan fingerprint density at radius 3 is 2.52 bits per heavy atom. The van der Waals surface area contributed by atoms with Crippen LogP contribution in [-0.4, -0.2) is 36.0 Å². The standard InChI is InChI=1S/C21H23FN2O/c1-14-2-4-15(5-3-14)16-6-9-19(20(22)12-16)21(25)24-11-10-17-7-8-18(13-24)23-17/h2-6,9,12,17-18,23H,7-8,10-11,13H2,1H3. The number of halogens is 1. The zero-order valence-corrected chi connectivity index (χ0v) is 14.5. The van der Waals surface area contributed by atoms with Gasteiger partial charge in [0.1, 0.15) is 5.82 Å². The van der Waals surface area contributed by atoms with Crippen LogP contribution in [0.1, 0.15) is 35.2 Å². The van der Waals surface area contributed by atoms with Crippen LogP contribution in [0.5, 0.6) is 0 Å². The molecule has 0 saturated carbocycles. The van der Waals surface area contributed by atoms with Gasteiger partial charge in [-0.05, 0) is 49.4 Å². The Balaban J connectivity index is 1.56. The predicted molar refractivity (Wildman–Crippen MR) is 97.0 cm³/mol. The van der Waals surface area contributed by atoms with Gasteiger partial charge in [-0.2, -0.15) is 0 Å². The van der Waals surface area contributed by atoms with E-state index in [1.807, 2.05) is 37.3 Å². The summed E-state index contributed by atoms with van der Waals surface area (Å²) in [4.78, 5) is 14.6. The van der Waals surface area contributed by atoms with Crippen LogP contribution >= 0.6 is 0 Å². The third kappa shape index (κ3) is 3.31. The van der Waals surface area contributed by atoms with E-state index in [0.717, 1.165) is 24.0 Å². The van der Waals surface area contributed by atoms with Gasteiger partial charge in [0.15, 0.2) is 0 Å². The molecular weight excluding hydrogens is 315 g/mol. The largest absolute Gasteiger partial charge is 0.337 e. The maximum absolute atomic E-state index is 14.6. The SMILES string of the molecule is Cc1ccc(-c2ccc(C(=O)N3CCC4CCC(C3)N4)c(F)c2)cc1. The molecular formula is C21H23FN2O. The highest BCUT2D eigenvalue weighted by Gasteiger charge is 2.32. The molecule has 1 amide bonds. The number of carbonyl (C=O) groups excluding carboxylic acids is 1. The van der Waals surface area contributed by atoms with Crippen molar-refractivity contribution in [2.75, 3.05) is 13.1 Å². The van der Waals surface area contributed by atoms with Gasteiger partial charge in [-0.15, -0.1) is 0 Å². The molecule has 2 aliphatic heterocycles. The summed E-state index contributed by atoms with van der Waals surface area (Å²) in [5, 5.41) is 3.55. The van der Waals surface area contributed by atoms with E-state index in [9.17, 15) is 9.18 Å². The lowest BCUT2D eigenvalue weighted by atomic mass is 10.0. The highest BCUT2D eigenvalue weighted by Crippen LogP contribution is 2.25. The fourth-order valence-electron chi connectivity index (χ4n) is 3.91. The van der Waals surface area contributed by atoms with Crippen LogP contribution in [0.15, 0.2) is 42.5 Å². The number of aryl methyl sites for hydroxylation is 1. The van der Waals surface area contributed by atoms with Crippen LogP contribution < -0.4 is 5.32 Å². The second kappa shape index (κ2) is 6.60. The van der Waals surface area contributed by atoms with Crippen LogP contribution in [0.25, 0.3) is 11.1 Å². The van der Waals surface area contributed by atoms with Gasteiger partial charge >= 0.3 is 0 Å². The number of fused-ring (bicyclic) bond motifs is 2. The van der Waals surface area contributed by atoms with Gasteiger partial charge in [-0.25, -0.2) is 4.39 Å². The zero-order valence-electron chi connectivity index (χ0n) is 14.5. The molecule has 0 spiro atoms. The van der Waals surface area contributed by atoms with Gasteiger partial charge in [0.2, 0.25) is 0 Å². The van der Waals surface area contributed by atoms with Crippen molar-refractivity contribution in [3.63, 3.8) is 0 Å². The molecule has 130 valence electrons. The maximum atomic E-state index is 14.6. The first kappa shape index (κ1) is 16.3. The minimum absolute atomic E-state index is 0.175. The van der Waals surface area contributed by atoms with E-state index in [1.54, 1.807) is 11.0 Å². The zero-order chi connectivity index (χ0) is 17.4. The molecule has 0 radical (unpaired) electrons. The lowest BCUT2D eigenvalue weighted by Crippen LogP contribution is -2.39. The van der Waals surface area contributed by atoms with E-state index in [0.29, 0.717) is 25.2 Å². The summed E-state index contributed by atoms with van der Waals surface area (Å²) in [5.41, 5.74) is 3.10. The van der Waals surface area contributed by atoms with E-state index >= 15 is 0 Å². The molecule has 4 rings (SSSR count). The normalized spacial score (nSPS) is 22.7. The van der Waals surface area contributed by atoms with Crippen molar-refractivity contribution in [2.45, 2.75) is 38.3 Å². The van der Waals surface area contributed by atoms with Crippen molar-refractivity contribution in [3.05, 3.63) is 59.4 Å². The van der Waals surface area contributed by atoms with Crippen molar-refractivity contribution < 1.29 is 9.18 Å². The molecule has 2 aromatic rings. The van der Waals surface area contributed by atoms with E-state index in [2.05, 4.69) is 5.32 Å². The minimum atomic E-state index is -0.439. The predicted octanol–water partition coefficient (Wildman–Crippen LogP) is 3.77. The fourth-order valence-corrected chi connectivity index (χ4v) is 3.91. The highest BCUT2D eigenvalue weighted by molar-refractivity contribution is 5.95. The average molecular weight is 338 g/mol. The molecule has 4 heteroatoms. The van der Waals surface area contributed by atoms with Crippen molar-refractivity contribution in [1.29, 1.82) is 0 Å². The van der Waals surface area contributed by atoms with Gasteiger partial charge < -0.3 is 10.2 Å². The Hall–Kier alpha value is -2.20. The van der Waals surface area contributed by atoms with Crippen LogP contribution in [0.3, 0.4) is 0 Å². The van der Waals surface area contributed by atoms with E-state index in [-0.39, 0.29) is 11.5 Å². The summed E-state index contributed by atoms with van der Waals surface area (Å²) < 4.78 is 14.6. The number of amides is 1. The van der Waals surface area contributed by atoms with Gasteiger partial charge in [0.25, 0.3) is 5.91 Å². The topological polar surface area (TPSA) is 32.3 Å². The molecule has 2 atom stereocenters. The Labute approximate surface area is 147 Å². The van der Waals surface area contributed by atoms with Crippen LogP contribution in [0.2, 0.25) is 0 Å². The Morgan fingerprint density at radius 1 is 1.04 bits per heavy atom. The second-order valence-corrected chi connectivity index (χ2v) is 7.24. The summed E-state index contributed by atoms with van der Waals surface area (Å²) in [7, 11) is 0. The molecule has 2 heterocycles. The quantitative estimate of drug-likeness (QED) is 0.904. The summed E-state index contributed by atoms with van der Waals surface area (Å²) in [6.45, 7) is 3.40. The molecule has 25 heavy (non-hydrogen) atoms. The smallest absolute Gasteiger partial charge is 0.256 e. The number of hydrogen-bond donors (Lipinski definition) is 1. The molecule has 0 aromatic heterocycles. The number of nitrogens with one attached hydrogen (secondary N) is 1. The van der Waals surface area contributed by atoms with Crippen LogP contribution in [-0.2, 0) is 0 Å². The first-order valence-electron chi connectivity index (χ1n) is 9.02. The molecule has 2 saturated heterocycles. The number of benzene rings is 2. The molecule has 2 bridgehead atoms. The van der Waals surface area contributed by atoms with Crippen LogP contribution in [0.4, 0.5) is 4.39 Å². The number of rotatable bonds is 2. The first-order valence-corrected chi connectivity index (χ1v) is 9.02. The molecule has 2 fully saturated rings. The van der Waals surface area contributed by atoms with Crippen molar-refractivity contribution in [1.82, 2.24) is 10.2 Å². The van der Waals surface area contributed by atoms with Gasteiger partial charge in [0.05, 0.1) is 5.56 Å². The van der Waals surface area contributed by atoms with E-state index in [1.165, 1.54) is 18.1 Å². The van der Waals surface area contributed by atoms with Crippen molar-refractivity contribution in [2.24, 2.45) is 0 Å². The second-order valence-electron chi connectivity index (χ2n) is 7.24. The van der Waals surface area contributed by atoms with Gasteiger partial charge in [-0.3, -0.25) is 4.79 Å². The Kier molecular flexibility index (Phi) is 4.30. The Bertz CT molecular complexity index is 787. The van der Waals surface area contributed by atoms with Crippen molar-refractivity contribution >= 4 is 5.91 Å². The number of hydrogen-bond acceptors (Lipinski definition) is 2. The summed E-state index contributed by atoms with van der Waals surface area (Å²) in [6, 6.07) is 13.8. The number of likely N-dealkylation sites (tertiary alicyclic amines) is 1. The summed E-state index contributed by atoms with van der Waals surface area (Å²) in [5.74, 6) is -0.632. The number of carbonyl (C=O) groups is 1. The monoisotopic (exact) mass is 338 g/mol. The molecule has 3 nitrogen and oxygen atoms in total. The molecule has 2 unspecified atom stereocenters. The summed E-state index contributed by atoms with van der Waals surface area (Å²) in [6.07, 6.45) is 3.24. The van der Waals surface area contributed by atoms with E-state index < -0.39 is 5.82 Å². The minimum Gasteiger partial charge on any atom is -0.337 e. The van der Waals surface area contributed by atoms with Crippen LogP contribution in [0, 0.1) is 12.7 Å². The third-order valence-corrected chi connectivity index (χ3v) is 5.39. The first-order chi connectivity index (χ1) is 12.1. The molecule has 2 aliphatic rings. The average Bonchev–Trinajstić information content (AvgIpc) is 2.94. The molecule has 0 aliphatic carbocycles. The molecule has 2 aromatic carbocycles. The van der Waals surface area contributed by atoms with E-state index in [4.69, 9.17) is 0 Å². The van der Waals surface area contributed by atoms with Crippen molar-refractivity contribution in [3.8, 4) is 11.1 Å². The fraction of sp³-hybridized carbons (Fsp3) is 0.381. The number of nitrogens with zero attached hydrogens (tertiary/aromatic N) is 1. The van der Waals surface area contributed by atoms with Gasteiger partial charge in [0, 0.05) is 25.2 Å². The third-order valence-electron chi connectivity index (χ3n) is 5.39. The Morgan fingerprint density at radius 2 is 1.76 bits per heavy atom. The summed E-state index contributed by atoms with van der Waals surface area (Å²) >= 11 is 0. The highest BCUT2D eigenvalue weighted by atomic mass is 19.1. The maximum Gasteiger partial charge on any atom is 0.256 e. The lowest BCUT2D eigenvalue weighted by molar-refractivity contribution is 0.0743. The lowest BCUT2D eigenvalue weighted by Gasteiger charge is -2.24.